The number of hydrogen-bond donors (Lipinski definition) is 0. The van der Waals surface area contributed by atoms with Crippen molar-refractivity contribution in [2.45, 2.75) is 19.1 Å². The van der Waals surface area contributed by atoms with Gasteiger partial charge in [-0.05, 0) is 26.0 Å². The normalized spacial score (nSPS) is 13.4. The maximum Gasteiger partial charge on any atom is 0.244 e. The molecular formula is C14H19NO3S. The number of rotatable bonds is 5. The van der Waals surface area contributed by atoms with Crippen LogP contribution in [0.4, 0.5) is 5.69 Å². The molecule has 0 spiro atoms. The van der Waals surface area contributed by atoms with Crippen LogP contribution in [0.5, 0.6) is 0 Å². The molecule has 0 aliphatic heterocycles. The van der Waals surface area contributed by atoms with Crippen LogP contribution in [0.25, 0.3) is 0 Å². The number of nitrogens with zero attached hydrogens (tertiary/aromatic N) is 1. The summed E-state index contributed by atoms with van der Waals surface area (Å²) in [7, 11) is -1.87. The van der Waals surface area contributed by atoms with Crippen molar-refractivity contribution in [3.8, 4) is 0 Å². The smallest absolute Gasteiger partial charge is 0.244 e. The molecule has 0 aliphatic rings. The summed E-state index contributed by atoms with van der Waals surface area (Å²) in [6, 6.07) is 8.98. The van der Waals surface area contributed by atoms with E-state index in [1.165, 1.54) is 11.8 Å². The molecule has 5 heteroatoms. The fourth-order valence-corrected chi connectivity index (χ4v) is 2.79. The van der Waals surface area contributed by atoms with E-state index in [9.17, 15) is 13.2 Å². The molecule has 19 heavy (non-hydrogen) atoms. The first-order valence-corrected chi connectivity index (χ1v) is 7.77. The second-order valence-electron chi connectivity index (χ2n) is 4.27. The minimum atomic E-state index is -3.45. The van der Waals surface area contributed by atoms with Gasteiger partial charge < -0.3 is 4.90 Å². The summed E-state index contributed by atoms with van der Waals surface area (Å²) < 4.78 is 23.9. The Morgan fingerprint density at radius 2 is 1.89 bits per heavy atom. The van der Waals surface area contributed by atoms with Gasteiger partial charge in [-0.1, -0.05) is 30.4 Å². The van der Waals surface area contributed by atoms with Gasteiger partial charge in [-0.2, -0.15) is 0 Å². The Hall–Kier alpha value is -1.62. The highest BCUT2D eigenvalue weighted by Gasteiger charge is 2.29. The molecular weight excluding hydrogens is 262 g/mol. The zero-order chi connectivity index (χ0) is 14.5. The summed E-state index contributed by atoms with van der Waals surface area (Å²) >= 11 is 0. The molecule has 4 nitrogen and oxygen atoms in total. The molecule has 1 aromatic rings. The summed E-state index contributed by atoms with van der Waals surface area (Å²) in [6.45, 7) is 3.18. The fraction of sp³-hybridized carbons (Fsp3) is 0.357. The molecule has 0 aromatic heterocycles. The second kappa shape index (κ2) is 6.52. The minimum Gasteiger partial charge on any atom is -0.314 e. The van der Waals surface area contributed by atoms with E-state index in [1.807, 2.05) is 6.07 Å². The van der Waals surface area contributed by atoms with Crippen LogP contribution in [0.3, 0.4) is 0 Å². The monoisotopic (exact) mass is 281 g/mol. The SMILES string of the molecule is C/C=C/CS(=O)(=O)C(C)C(=O)N(C)c1ccccc1. The third kappa shape index (κ3) is 3.92. The van der Waals surface area contributed by atoms with Crippen molar-refractivity contribution in [3.63, 3.8) is 0 Å². The molecule has 0 saturated carbocycles. The van der Waals surface area contributed by atoms with E-state index in [-0.39, 0.29) is 5.75 Å². The first kappa shape index (κ1) is 15.4. The third-order valence-corrected chi connectivity index (χ3v) is 4.86. The van der Waals surface area contributed by atoms with Gasteiger partial charge in [0.15, 0.2) is 9.84 Å². The Labute approximate surface area is 114 Å². The minimum absolute atomic E-state index is 0.112. The predicted octanol–water partition coefficient (Wildman–Crippen LogP) is 2.03. The maximum atomic E-state index is 12.2. The molecule has 0 saturated heterocycles. The van der Waals surface area contributed by atoms with E-state index in [2.05, 4.69) is 0 Å². The standard InChI is InChI=1S/C14H19NO3S/c1-4-5-11-19(17,18)12(2)14(16)15(3)13-9-7-6-8-10-13/h4-10,12H,11H2,1-3H3/b5-4+. The van der Waals surface area contributed by atoms with Gasteiger partial charge in [-0.15, -0.1) is 0 Å². The molecule has 1 amide bonds. The number of hydrogen-bond acceptors (Lipinski definition) is 3. The quantitative estimate of drug-likeness (QED) is 0.776. The average Bonchev–Trinajstić information content (AvgIpc) is 2.43. The zero-order valence-corrected chi connectivity index (χ0v) is 12.2. The van der Waals surface area contributed by atoms with E-state index < -0.39 is 21.0 Å². The lowest BCUT2D eigenvalue weighted by Gasteiger charge is -2.21. The molecule has 1 rings (SSSR count). The maximum absolute atomic E-state index is 12.2. The second-order valence-corrected chi connectivity index (χ2v) is 6.64. The summed E-state index contributed by atoms with van der Waals surface area (Å²) in [5.74, 6) is -0.533. The van der Waals surface area contributed by atoms with Crippen molar-refractivity contribution < 1.29 is 13.2 Å². The van der Waals surface area contributed by atoms with Crippen LogP contribution >= 0.6 is 0 Å². The molecule has 0 fully saturated rings. The van der Waals surface area contributed by atoms with Crippen molar-refractivity contribution >= 4 is 21.4 Å². The summed E-state index contributed by atoms with van der Waals surface area (Å²) in [4.78, 5) is 13.5. The largest absolute Gasteiger partial charge is 0.314 e. The number of sulfone groups is 1. The predicted molar refractivity (Wildman–Crippen MR) is 77.9 cm³/mol. The molecule has 0 heterocycles. The fourth-order valence-electron chi connectivity index (χ4n) is 1.58. The van der Waals surface area contributed by atoms with Gasteiger partial charge in [0.25, 0.3) is 0 Å². The lowest BCUT2D eigenvalue weighted by atomic mass is 10.3. The Kier molecular flexibility index (Phi) is 5.30. The molecule has 0 aliphatic carbocycles. The highest BCUT2D eigenvalue weighted by Crippen LogP contribution is 2.15. The molecule has 1 aromatic carbocycles. The van der Waals surface area contributed by atoms with E-state index in [4.69, 9.17) is 0 Å². The lowest BCUT2D eigenvalue weighted by molar-refractivity contribution is -0.117. The number of amides is 1. The van der Waals surface area contributed by atoms with Crippen LogP contribution in [0.1, 0.15) is 13.8 Å². The van der Waals surface area contributed by atoms with E-state index >= 15 is 0 Å². The molecule has 0 bridgehead atoms. The van der Waals surface area contributed by atoms with Gasteiger partial charge >= 0.3 is 0 Å². The van der Waals surface area contributed by atoms with Crippen molar-refractivity contribution in [2.75, 3.05) is 17.7 Å². The summed E-state index contributed by atoms with van der Waals surface area (Å²) in [5.41, 5.74) is 0.681. The average molecular weight is 281 g/mol. The lowest BCUT2D eigenvalue weighted by Crippen LogP contribution is -2.40. The van der Waals surface area contributed by atoms with Crippen molar-refractivity contribution in [2.24, 2.45) is 0 Å². The van der Waals surface area contributed by atoms with Gasteiger partial charge in [-0.25, -0.2) is 8.42 Å². The van der Waals surface area contributed by atoms with Crippen LogP contribution in [-0.4, -0.2) is 32.4 Å². The van der Waals surface area contributed by atoms with E-state index in [0.29, 0.717) is 5.69 Å². The number of carbonyl (C=O) groups excluding carboxylic acids is 1. The highest BCUT2D eigenvalue weighted by atomic mass is 32.2. The number of carbonyl (C=O) groups is 1. The Morgan fingerprint density at radius 3 is 2.42 bits per heavy atom. The molecule has 1 atom stereocenters. The Morgan fingerprint density at radius 1 is 1.32 bits per heavy atom. The van der Waals surface area contributed by atoms with Crippen LogP contribution in [0.15, 0.2) is 42.5 Å². The number of para-hydroxylation sites is 1. The van der Waals surface area contributed by atoms with E-state index in [1.54, 1.807) is 50.4 Å². The molecule has 0 N–H and O–H groups in total. The molecule has 1 unspecified atom stereocenters. The third-order valence-electron chi connectivity index (χ3n) is 2.92. The van der Waals surface area contributed by atoms with Crippen LogP contribution in [0, 0.1) is 0 Å². The Bertz CT molecular complexity index is 549. The van der Waals surface area contributed by atoms with Gasteiger partial charge in [0, 0.05) is 12.7 Å². The van der Waals surface area contributed by atoms with Crippen LogP contribution in [0.2, 0.25) is 0 Å². The zero-order valence-electron chi connectivity index (χ0n) is 11.4. The number of allylic oxidation sites excluding steroid dienone is 1. The summed E-state index contributed by atoms with van der Waals surface area (Å²) in [6.07, 6.45) is 3.21. The first-order chi connectivity index (χ1) is 8.90. The number of benzene rings is 1. The first-order valence-electron chi connectivity index (χ1n) is 6.05. The highest BCUT2D eigenvalue weighted by molar-refractivity contribution is 7.92. The summed E-state index contributed by atoms with van der Waals surface area (Å²) in [5, 5.41) is -1.05. The van der Waals surface area contributed by atoms with E-state index in [0.717, 1.165) is 0 Å². The topological polar surface area (TPSA) is 54.5 Å². The van der Waals surface area contributed by atoms with Crippen molar-refractivity contribution in [3.05, 3.63) is 42.5 Å². The van der Waals surface area contributed by atoms with Gasteiger partial charge in [0.2, 0.25) is 5.91 Å². The van der Waals surface area contributed by atoms with Crippen molar-refractivity contribution in [1.82, 2.24) is 0 Å². The van der Waals surface area contributed by atoms with Crippen LogP contribution in [-0.2, 0) is 14.6 Å². The van der Waals surface area contributed by atoms with Crippen molar-refractivity contribution in [1.29, 1.82) is 0 Å². The van der Waals surface area contributed by atoms with Gasteiger partial charge in [0.05, 0.1) is 5.75 Å². The molecule has 104 valence electrons. The van der Waals surface area contributed by atoms with Gasteiger partial charge in [-0.3, -0.25) is 4.79 Å². The number of anilines is 1. The van der Waals surface area contributed by atoms with Crippen LogP contribution < -0.4 is 4.90 Å². The van der Waals surface area contributed by atoms with Gasteiger partial charge in [0.1, 0.15) is 5.25 Å². The Balaban J connectivity index is 2.89. The molecule has 0 radical (unpaired) electrons.